The lowest BCUT2D eigenvalue weighted by Gasteiger charge is -2.28. The molecule has 1 rings (SSSR count). The predicted octanol–water partition coefficient (Wildman–Crippen LogP) is 0.988. The number of Topliss-reactive ketones (excluding diaryl/α,β-unsaturated/α-hetero) is 1. The second-order valence-corrected chi connectivity index (χ2v) is 7.56. The molecule has 28 heavy (non-hydrogen) atoms. The van der Waals surface area contributed by atoms with Crippen LogP contribution in [0, 0.1) is 11.3 Å². The van der Waals surface area contributed by atoms with Gasteiger partial charge in [-0.25, -0.2) is 0 Å². The molecule has 0 aliphatic heterocycles. The van der Waals surface area contributed by atoms with Crippen molar-refractivity contribution in [2.24, 2.45) is 11.3 Å². The molecule has 0 bridgehead atoms. The van der Waals surface area contributed by atoms with Gasteiger partial charge in [0.2, 0.25) is 5.91 Å². The van der Waals surface area contributed by atoms with Gasteiger partial charge in [0.25, 0.3) is 5.91 Å². The molecule has 2 atom stereocenters. The van der Waals surface area contributed by atoms with Crippen molar-refractivity contribution in [3.63, 3.8) is 0 Å². The van der Waals surface area contributed by atoms with E-state index in [-0.39, 0.29) is 12.3 Å². The number of carbonyl (C=O) groups excluding carboxylic acids is 3. The van der Waals surface area contributed by atoms with Gasteiger partial charge in [0.15, 0.2) is 5.78 Å². The van der Waals surface area contributed by atoms with Crippen molar-refractivity contribution in [2.45, 2.75) is 46.2 Å². The van der Waals surface area contributed by atoms with E-state index in [1.54, 1.807) is 30.3 Å². The van der Waals surface area contributed by atoms with E-state index in [1.807, 2.05) is 13.8 Å². The summed E-state index contributed by atoms with van der Waals surface area (Å²) in [5.41, 5.74) is -1.37. The van der Waals surface area contributed by atoms with Crippen molar-refractivity contribution < 1.29 is 29.4 Å². The number of benzene rings is 1. The summed E-state index contributed by atoms with van der Waals surface area (Å²) in [7, 11) is 0. The second-order valence-electron chi connectivity index (χ2n) is 7.56. The fourth-order valence-corrected chi connectivity index (χ4v) is 2.54. The molecule has 0 aliphatic rings. The molecule has 0 spiro atoms. The van der Waals surface area contributed by atoms with Crippen molar-refractivity contribution in [3.05, 3.63) is 35.9 Å². The highest BCUT2D eigenvalue weighted by atomic mass is 16.4. The average Bonchev–Trinajstić information content (AvgIpc) is 2.64. The Morgan fingerprint density at radius 3 is 2.04 bits per heavy atom. The molecule has 0 saturated heterocycles. The van der Waals surface area contributed by atoms with E-state index in [4.69, 9.17) is 0 Å². The zero-order valence-electron chi connectivity index (χ0n) is 16.6. The number of ketones is 1. The van der Waals surface area contributed by atoms with Gasteiger partial charge in [0.05, 0.1) is 12.6 Å². The standard InChI is InChI=1S/C20H28N2O6/c1-12(2)10-14(16(24)20(3,4)19(27)28)21-18(26)15(11-23)22-17(25)13-8-6-5-7-9-13/h5-9,12,14-15,23H,10-11H2,1-4H3,(H,21,26)(H,22,25)(H,27,28)/t14-,15-/m0/s1. The number of carboxylic acids is 1. The average molecular weight is 392 g/mol. The Morgan fingerprint density at radius 1 is 1.00 bits per heavy atom. The highest BCUT2D eigenvalue weighted by Crippen LogP contribution is 2.22. The van der Waals surface area contributed by atoms with Crippen molar-refractivity contribution in [2.75, 3.05) is 6.61 Å². The molecule has 2 amide bonds. The number of hydrogen-bond donors (Lipinski definition) is 4. The summed E-state index contributed by atoms with van der Waals surface area (Å²) in [5, 5.41) is 23.7. The minimum absolute atomic E-state index is 0.00494. The number of hydrogen-bond acceptors (Lipinski definition) is 5. The summed E-state index contributed by atoms with van der Waals surface area (Å²) in [6.07, 6.45) is 0.228. The highest BCUT2D eigenvalue weighted by molar-refractivity contribution is 6.06. The van der Waals surface area contributed by atoms with Gasteiger partial charge in [-0.1, -0.05) is 32.0 Å². The number of nitrogens with one attached hydrogen (secondary N) is 2. The maximum absolute atomic E-state index is 12.7. The van der Waals surface area contributed by atoms with Crippen LogP contribution in [0.4, 0.5) is 0 Å². The Balaban J connectivity index is 2.93. The second kappa shape index (κ2) is 9.98. The molecule has 0 aromatic heterocycles. The van der Waals surface area contributed by atoms with Gasteiger partial charge in [-0.3, -0.25) is 19.2 Å². The quantitative estimate of drug-likeness (QED) is 0.439. The van der Waals surface area contributed by atoms with Gasteiger partial charge >= 0.3 is 5.97 Å². The van der Waals surface area contributed by atoms with Gasteiger partial charge in [0, 0.05) is 5.56 Å². The molecule has 154 valence electrons. The lowest BCUT2D eigenvalue weighted by molar-refractivity contribution is -0.154. The Hall–Kier alpha value is -2.74. The van der Waals surface area contributed by atoms with Gasteiger partial charge < -0.3 is 20.8 Å². The third-order valence-corrected chi connectivity index (χ3v) is 4.33. The zero-order chi connectivity index (χ0) is 21.5. The first-order valence-corrected chi connectivity index (χ1v) is 9.05. The van der Waals surface area contributed by atoms with E-state index >= 15 is 0 Å². The van der Waals surface area contributed by atoms with Crippen molar-refractivity contribution in [1.82, 2.24) is 10.6 Å². The van der Waals surface area contributed by atoms with Crippen LogP contribution in [0.15, 0.2) is 30.3 Å². The number of aliphatic hydroxyl groups is 1. The van der Waals surface area contributed by atoms with Crippen LogP contribution in [0.2, 0.25) is 0 Å². The largest absolute Gasteiger partial charge is 0.481 e. The molecule has 4 N–H and O–H groups in total. The van der Waals surface area contributed by atoms with E-state index in [0.29, 0.717) is 5.56 Å². The van der Waals surface area contributed by atoms with Gasteiger partial charge in [-0.2, -0.15) is 0 Å². The summed E-state index contributed by atoms with van der Waals surface area (Å²) in [6, 6.07) is 5.84. The minimum atomic E-state index is -1.69. The Kier molecular flexibility index (Phi) is 8.31. The van der Waals surface area contributed by atoms with Crippen molar-refractivity contribution in [3.8, 4) is 0 Å². The first-order valence-electron chi connectivity index (χ1n) is 9.05. The van der Waals surface area contributed by atoms with Crippen LogP contribution in [0.5, 0.6) is 0 Å². The molecule has 8 heteroatoms. The molecule has 0 saturated carbocycles. The van der Waals surface area contributed by atoms with Crippen LogP contribution in [0.1, 0.15) is 44.5 Å². The van der Waals surface area contributed by atoms with Crippen LogP contribution in [0.3, 0.4) is 0 Å². The topological polar surface area (TPSA) is 133 Å². The molecule has 1 aromatic carbocycles. The fraction of sp³-hybridized carbons (Fsp3) is 0.500. The number of aliphatic carboxylic acids is 1. The summed E-state index contributed by atoms with van der Waals surface area (Å²) in [4.78, 5) is 48.9. The third kappa shape index (κ3) is 6.16. The maximum atomic E-state index is 12.7. The third-order valence-electron chi connectivity index (χ3n) is 4.33. The van der Waals surface area contributed by atoms with Crippen molar-refractivity contribution in [1.29, 1.82) is 0 Å². The lowest BCUT2D eigenvalue weighted by atomic mass is 9.81. The number of amides is 2. The summed E-state index contributed by atoms with van der Waals surface area (Å²) in [5.74, 6) is -3.24. The summed E-state index contributed by atoms with van der Waals surface area (Å²) >= 11 is 0. The monoisotopic (exact) mass is 392 g/mol. The fourth-order valence-electron chi connectivity index (χ4n) is 2.54. The Morgan fingerprint density at radius 2 is 1.57 bits per heavy atom. The van der Waals surface area contributed by atoms with Gasteiger partial charge in [0.1, 0.15) is 11.5 Å². The van der Waals surface area contributed by atoms with E-state index in [0.717, 1.165) is 0 Å². The first-order chi connectivity index (χ1) is 13.0. The zero-order valence-corrected chi connectivity index (χ0v) is 16.6. The molecule has 0 fully saturated rings. The molecule has 8 nitrogen and oxygen atoms in total. The molecule has 0 heterocycles. The molecule has 1 aromatic rings. The van der Waals surface area contributed by atoms with Gasteiger partial charge in [-0.05, 0) is 38.3 Å². The van der Waals surface area contributed by atoms with Crippen molar-refractivity contribution >= 4 is 23.6 Å². The summed E-state index contributed by atoms with van der Waals surface area (Å²) < 4.78 is 0. The predicted molar refractivity (Wildman–Crippen MR) is 103 cm³/mol. The van der Waals surface area contributed by atoms with Crippen LogP contribution >= 0.6 is 0 Å². The van der Waals surface area contributed by atoms with E-state index in [1.165, 1.54) is 13.8 Å². The van der Waals surface area contributed by atoms with Gasteiger partial charge in [-0.15, -0.1) is 0 Å². The maximum Gasteiger partial charge on any atom is 0.316 e. The lowest BCUT2D eigenvalue weighted by Crippen LogP contribution is -2.56. The van der Waals surface area contributed by atoms with Crippen LogP contribution in [-0.4, -0.2) is 52.5 Å². The minimum Gasteiger partial charge on any atom is -0.481 e. The van der Waals surface area contributed by atoms with E-state index < -0.39 is 47.7 Å². The van der Waals surface area contributed by atoms with E-state index in [9.17, 15) is 29.4 Å². The van der Waals surface area contributed by atoms with E-state index in [2.05, 4.69) is 10.6 Å². The molecular weight excluding hydrogens is 364 g/mol. The smallest absolute Gasteiger partial charge is 0.316 e. The summed E-state index contributed by atoms with van der Waals surface area (Å²) in [6.45, 7) is 5.55. The van der Waals surface area contributed by atoms with Crippen LogP contribution in [-0.2, 0) is 14.4 Å². The highest BCUT2D eigenvalue weighted by Gasteiger charge is 2.41. The number of carboxylic acid groups (broad SMARTS) is 1. The first kappa shape index (κ1) is 23.3. The number of carbonyl (C=O) groups is 4. The molecule has 0 aliphatic carbocycles. The van der Waals surface area contributed by atoms with Crippen LogP contribution < -0.4 is 10.6 Å². The Bertz CT molecular complexity index is 715. The normalized spacial score (nSPS) is 13.5. The molecule has 0 radical (unpaired) electrons. The number of aliphatic hydroxyl groups excluding tert-OH is 1. The molecule has 0 unspecified atom stereocenters. The number of rotatable bonds is 10. The SMILES string of the molecule is CC(C)C[C@H](NC(=O)[C@H](CO)NC(=O)c1ccccc1)C(=O)C(C)(C)C(=O)O. The molecular formula is C20H28N2O6. The van der Waals surface area contributed by atoms with Crippen LogP contribution in [0.25, 0.3) is 0 Å². The Labute approximate surface area is 164 Å².